The molecule has 0 amide bonds. The minimum atomic E-state index is -4.62. The van der Waals surface area contributed by atoms with Gasteiger partial charge in [-0.15, -0.1) is 0 Å². The largest absolute Gasteiger partial charge is 0.497 e. The number of alkyl halides is 3. The van der Waals surface area contributed by atoms with E-state index in [-0.39, 0.29) is 11.4 Å². The van der Waals surface area contributed by atoms with Crippen LogP contribution in [0.3, 0.4) is 0 Å². The summed E-state index contributed by atoms with van der Waals surface area (Å²) >= 11 is 0. The van der Waals surface area contributed by atoms with Crippen molar-refractivity contribution in [3.63, 3.8) is 0 Å². The molecule has 7 heteroatoms. The smallest absolute Gasteiger partial charge is 0.435 e. The maximum absolute atomic E-state index is 13.4. The van der Waals surface area contributed by atoms with Gasteiger partial charge in [0.25, 0.3) is 0 Å². The molecule has 2 N–H and O–H groups in total. The van der Waals surface area contributed by atoms with E-state index in [0.29, 0.717) is 17.0 Å². The molecule has 124 valence electrons. The molecule has 1 heterocycles. The van der Waals surface area contributed by atoms with Gasteiger partial charge in [0.15, 0.2) is 5.69 Å². The van der Waals surface area contributed by atoms with Gasteiger partial charge in [-0.25, -0.2) is 4.68 Å². The lowest BCUT2D eigenvalue weighted by Gasteiger charge is -2.08. The van der Waals surface area contributed by atoms with E-state index >= 15 is 0 Å². The molecule has 4 nitrogen and oxygen atoms in total. The molecule has 0 aliphatic heterocycles. The first-order chi connectivity index (χ1) is 11.4. The molecule has 0 fully saturated rings. The van der Waals surface area contributed by atoms with Crippen LogP contribution in [0.4, 0.5) is 19.0 Å². The lowest BCUT2D eigenvalue weighted by atomic mass is 10.0. The number of hydrogen-bond acceptors (Lipinski definition) is 3. The molecule has 3 aromatic rings. The normalized spacial score (nSPS) is 11.5. The van der Waals surface area contributed by atoms with Crippen molar-refractivity contribution in [3.8, 4) is 22.6 Å². The molecule has 0 saturated carbocycles. The molecule has 0 aliphatic carbocycles. The number of ether oxygens (including phenoxy) is 1. The Morgan fingerprint density at radius 3 is 2.17 bits per heavy atom. The summed E-state index contributed by atoms with van der Waals surface area (Å²) in [6, 6.07) is 14.7. The molecular formula is C17H14F3N3O. The second kappa shape index (κ2) is 5.92. The van der Waals surface area contributed by atoms with Crippen molar-refractivity contribution in [2.45, 2.75) is 6.18 Å². The standard InChI is InChI=1S/C17H14F3N3O/c1-24-13-9-7-11(8-10-13)14-15(17(18,19)20)22-23(16(14)21)12-5-3-2-4-6-12/h2-10H,21H2,1H3. The molecule has 0 aliphatic rings. The molecule has 0 unspecified atom stereocenters. The summed E-state index contributed by atoms with van der Waals surface area (Å²) < 4.78 is 46.4. The molecule has 1 aromatic heterocycles. The SMILES string of the molecule is COc1ccc(-c2c(C(F)(F)F)nn(-c3ccccc3)c2N)cc1. The number of rotatable bonds is 3. The Morgan fingerprint density at radius 1 is 1.00 bits per heavy atom. The van der Waals surface area contributed by atoms with Gasteiger partial charge in [0.1, 0.15) is 11.6 Å². The predicted molar refractivity (Wildman–Crippen MR) is 85.0 cm³/mol. The van der Waals surface area contributed by atoms with E-state index in [1.165, 1.54) is 19.2 Å². The predicted octanol–water partition coefficient (Wildman–Crippen LogP) is 4.15. The Morgan fingerprint density at radius 2 is 1.62 bits per heavy atom. The topological polar surface area (TPSA) is 53.1 Å². The van der Waals surface area contributed by atoms with Crippen LogP contribution in [0.5, 0.6) is 5.75 Å². The van der Waals surface area contributed by atoms with Crippen molar-refractivity contribution in [1.29, 1.82) is 0 Å². The van der Waals surface area contributed by atoms with Crippen LogP contribution in [-0.2, 0) is 6.18 Å². The third-order valence-corrected chi connectivity index (χ3v) is 3.57. The second-order valence-electron chi connectivity index (χ2n) is 5.08. The summed E-state index contributed by atoms with van der Waals surface area (Å²) in [6.07, 6.45) is -4.62. The summed E-state index contributed by atoms with van der Waals surface area (Å²) in [5, 5.41) is 3.71. The zero-order chi connectivity index (χ0) is 17.3. The molecule has 0 bridgehead atoms. The van der Waals surface area contributed by atoms with Gasteiger partial charge in [0, 0.05) is 0 Å². The highest BCUT2D eigenvalue weighted by Gasteiger charge is 2.39. The van der Waals surface area contributed by atoms with Gasteiger partial charge in [-0.05, 0) is 29.8 Å². The maximum Gasteiger partial charge on any atom is 0.435 e. The van der Waals surface area contributed by atoms with Crippen LogP contribution in [0.25, 0.3) is 16.8 Å². The molecule has 0 atom stereocenters. The molecule has 3 rings (SSSR count). The lowest BCUT2D eigenvalue weighted by molar-refractivity contribution is -0.140. The minimum absolute atomic E-state index is 0.0707. The van der Waals surface area contributed by atoms with Crippen molar-refractivity contribution >= 4 is 5.82 Å². The van der Waals surface area contributed by atoms with Crippen LogP contribution in [0.2, 0.25) is 0 Å². The zero-order valence-electron chi connectivity index (χ0n) is 12.7. The van der Waals surface area contributed by atoms with Gasteiger partial charge >= 0.3 is 6.18 Å². The molecule has 0 saturated heterocycles. The van der Waals surface area contributed by atoms with Gasteiger partial charge in [-0.1, -0.05) is 30.3 Å². The van der Waals surface area contributed by atoms with E-state index in [1.54, 1.807) is 42.5 Å². The van der Waals surface area contributed by atoms with Crippen molar-refractivity contribution < 1.29 is 17.9 Å². The number of anilines is 1. The van der Waals surface area contributed by atoms with E-state index in [9.17, 15) is 13.2 Å². The van der Waals surface area contributed by atoms with Crippen LogP contribution < -0.4 is 10.5 Å². The third kappa shape index (κ3) is 2.80. The third-order valence-electron chi connectivity index (χ3n) is 3.57. The highest BCUT2D eigenvalue weighted by atomic mass is 19.4. The van der Waals surface area contributed by atoms with Crippen molar-refractivity contribution in [2.75, 3.05) is 12.8 Å². The highest BCUT2D eigenvalue weighted by Crippen LogP contribution is 2.40. The monoisotopic (exact) mass is 333 g/mol. The Kier molecular flexibility index (Phi) is 3.92. The number of methoxy groups -OCH3 is 1. The van der Waals surface area contributed by atoms with E-state index in [4.69, 9.17) is 10.5 Å². The number of nitrogens with zero attached hydrogens (tertiary/aromatic N) is 2. The zero-order valence-corrected chi connectivity index (χ0v) is 12.7. The van der Waals surface area contributed by atoms with E-state index in [2.05, 4.69) is 5.10 Å². The van der Waals surface area contributed by atoms with Crippen LogP contribution >= 0.6 is 0 Å². The number of para-hydroxylation sites is 1. The Hall–Kier alpha value is -2.96. The number of benzene rings is 2. The molecule has 24 heavy (non-hydrogen) atoms. The number of halogens is 3. The van der Waals surface area contributed by atoms with Gasteiger partial charge in [0.2, 0.25) is 0 Å². The maximum atomic E-state index is 13.4. The van der Waals surface area contributed by atoms with Gasteiger partial charge in [-0.2, -0.15) is 18.3 Å². The van der Waals surface area contributed by atoms with Crippen molar-refractivity contribution in [3.05, 3.63) is 60.3 Å². The average Bonchev–Trinajstić information content (AvgIpc) is 2.93. The van der Waals surface area contributed by atoms with Crippen molar-refractivity contribution in [1.82, 2.24) is 9.78 Å². The highest BCUT2D eigenvalue weighted by molar-refractivity contribution is 5.78. The number of nitrogen functional groups attached to an aromatic ring is 1. The molecule has 0 radical (unpaired) electrons. The summed E-state index contributed by atoms with van der Waals surface area (Å²) in [5.41, 5.74) is 5.62. The first-order valence-corrected chi connectivity index (χ1v) is 7.07. The first-order valence-electron chi connectivity index (χ1n) is 7.07. The number of hydrogen-bond donors (Lipinski definition) is 1. The fourth-order valence-corrected chi connectivity index (χ4v) is 2.44. The van der Waals surface area contributed by atoms with Gasteiger partial charge < -0.3 is 10.5 Å². The number of aromatic nitrogens is 2. The van der Waals surface area contributed by atoms with Crippen LogP contribution in [0.15, 0.2) is 54.6 Å². The van der Waals surface area contributed by atoms with E-state index in [0.717, 1.165) is 4.68 Å². The number of nitrogens with two attached hydrogens (primary N) is 1. The molecule has 2 aromatic carbocycles. The molecule has 0 spiro atoms. The van der Waals surface area contributed by atoms with Crippen LogP contribution in [0.1, 0.15) is 5.69 Å². The fraction of sp³-hybridized carbons (Fsp3) is 0.118. The minimum Gasteiger partial charge on any atom is -0.497 e. The summed E-state index contributed by atoms with van der Waals surface area (Å²) in [5.74, 6) is 0.472. The first kappa shape index (κ1) is 15.9. The van der Waals surface area contributed by atoms with Crippen molar-refractivity contribution in [2.24, 2.45) is 0 Å². The Balaban J connectivity index is 2.21. The Labute approximate surface area is 136 Å². The summed E-state index contributed by atoms with van der Waals surface area (Å²) in [6.45, 7) is 0. The van der Waals surface area contributed by atoms with E-state index in [1.807, 2.05) is 0 Å². The van der Waals surface area contributed by atoms with Crippen LogP contribution in [0, 0.1) is 0 Å². The lowest BCUT2D eigenvalue weighted by Crippen LogP contribution is -2.08. The summed E-state index contributed by atoms with van der Waals surface area (Å²) in [4.78, 5) is 0. The average molecular weight is 333 g/mol. The van der Waals surface area contributed by atoms with Gasteiger partial charge in [0.05, 0.1) is 18.4 Å². The quantitative estimate of drug-likeness (QED) is 0.783. The van der Waals surface area contributed by atoms with Gasteiger partial charge in [-0.3, -0.25) is 0 Å². The molecular weight excluding hydrogens is 319 g/mol. The van der Waals surface area contributed by atoms with E-state index < -0.39 is 11.9 Å². The second-order valence-corrected chi connectivity index (χ2v) is 5.08. The van der Waals surface area contributed by atoms with Crippen LogP contribution in [-0.4, -0.2) is 16.9 Å². The summed E-state index contributed by atoms with van der Waals surface area (Å²) in [7, 11) is 1.48. The Bertz CT molecular complexity index is 840. The fourth-order valence-electron chi connectivity index (χ4n) is 2.44.